The largest absolute Gasteiger partial charge is 0.326 e. The lowest BCUT2D eigenvalue weighted by Crippen LogP contribution is -2.35. The van der Waals surface area contributed by atoms with Crippen LogP contribution in [0.15, 0.2) is 83.8 Å². The minimum atomic E-state index is -3.46. The number of sulfonamides is 1. The zero-order chi connectivity index (χ0) is 22.4. The molecule has 0 aliphatic carbocycles. The van der Waals surface area contributed by atoms with Crippen molar-refractivity contribution in [1.29, 1.82) is 0 Å². The Bertz CT molecular complexity index is 1150. The Morgan fingerprint density at radius 2 is 1.44 bits per heavy atom. The number of benzene rings is 3. The third kappa shape index (κ3) is 5.44. The molecular formula is C26H28N2O3S. The number of nitrogens with zero attached hydrogens (tertiary/aromatic N) is 1. The molecule has 4 rings (SSSR count). The minimum absolute atomic E-state index is 0.128. The Morgan fingerprint density at radius 3 is 2.16 bits per heavy atom. The molecule has 32 heavy (non-hydrogen) atoms. The van der Waals surface area contributed by atoms with Crippen LogP contribution in [-0.4, -0.2) is 31.7 Å². The summed E-state index contributed by atoms with van der Waals surface area (Å²) in [6.07, 6.45) is 3.81. The second kappa shape index (κ2) is 10.1. The number of para-hydroxylation sites is 1. The van der Waals surface area contributed by atoms with Gasteiger partial charge in [-0.2, -0.15) is 4.31 Å². The van der Waals surface area contributed by atoms with Crippen LogP contribution in [0.25, 0.3) is 0 Å². The predicted octanol–water partition coefficient (Wildman–Crippen LogP) is 4.63. The Balaban J connectivity index is 1.41. The van der Waals surface area contributed by atoms with Gasteiger partial charge in [0.2, 0.25) is 15.9 Å². The molecule has 1 amide bonds. The summed E-state index contributed by atoms with van der Waals surface area (Å²) < 4.78 is 27.1. The summed E-state index contributed by atoms with van der Waals surface area (Å²) in [6, 6.07) is 24.6. The van der Waals surface area contributed by atoms with Crippen molar-refractivity contribution in [2.45, 2.75) is 37.0 Å². The van der Waals surface area contributed by atoms with Crippen molar-refractivity contribution in [3.8, 4) is 0 Å². The third-order valence-electron chi connectivity index (χ3n) is 5.77. The molecule has 0 unspecified atom stereocenters. The van der Waals surface area contributed by atoms with E-state index in [1.165, 1.54) is 5.56 Å². The van der Waals surface area contributed by atoms with E-state index >= 15 is 0 Å². The molecule has 1 saturated heterocycles. The normalized spacial score (nSPS) is 14.8. The van der Waals surface area contributed by atoms with Crippen LogP contribution in [0.4, 0.5) is 5.69 Å². The van der Waals surface area contributed by atoms with Gasteiger partial charge in [0.25, 0.3) is 0 Å². The summed E-state index contributed by atoms with van der Waals surface area (Å²) in [4.78, 5) is 13.0. The first-order chi connectivity index (χ1) is 15.5. The Morgan fingerprint density at radius 1 is 0.781 bits per heavy atom. The smallest absolute Gasteiger partial charge is 0.243 e. The first-order valence-electron chi connectivity index (χ1n) is 11.0. The van der Waals surface area contributed by atoms with Crippen molar-refractivity contribution in [1.82, 2.24) is 4.31 Å². The molecule has 1 fully saturated rings. The lowest BCUT2D eigenvalue weighted by Gasteiger charge is -2.25. The minimum Gasteiger partial charge on any atom is -0.326 e. The molecule has 5 nitrogen and oxygen atoms in total. The maximum Gasteiger partial charge on any atom is 0.243 e. The second-order valence-electron chi connectivity index (χ2n) is 8.15. The van der Waals surface area contributed by atoms with E-state index in [-0.39, 0.29) is 17.2 Å². The SMILES string of the molecule is O=C(Cc1ccc(S(=O)(=O)N2CCCCC2)cc1)Nc1ccccc1Cc1ccccc1. The lowest BCUT2D eigenvalue weighted by molar-refractivity contribution is -0.115. The zero-order valence-electron chi connectivity index (χ0n) is 18.0. The Kier molecular flexibility index (Phi) is 7.02. The van der Waals surface area contributed by atoms with Gasteiger partial charge in [0.15, 0.2) is 0 Å². The fourth-order valence-corrected chi connectivity index (χ4v) is 5.54. The van der Waals surface area contributed by atoms with Crippen LogP contribution in [0, 0.1) is 0 Å². The third-order valence-corrected chi connectivity index (χ3v) is 7.68. The molecule has 3 aromatic rings. The number of amides is 1. The van der Waals surface area contributed by atoms with E-state index in [1.54, 1.807) is 28.6 Å². The van der Waals surface area contributed by atoms with Gasteiger partial charge >= 0.3 is 0 Å². The highest BCUT2D eigenvalue weighted by molar-refractivity contribution is 7.89. The lowest BCUT2D eigenvalue weighted by atomic mass is 10.0. The molecular weight excluding hydrogens is 420 g/mol. The van der Waals surface area contributed by atoms with Crippen molar-refractivity contribution in [3.05, 3.63) is 95.6 Å². The number of hydrogen-bond donors (Lipinski definition) is 1. The average Bonchev–Trinajstić information content (AvgIpc) is 2.82. The molecule has 0 saturated carbocycles. The van der Waals surface area contributed by atoms with Gasteiger partial charge in [-0.05, 0) is 54.2 Å². The summed E-state index contributed by atoms with van der Waals surface area (Å²) in [5.41, 5.74) is 3.81. The summed E-state index contributed by atoms with van der Waals surface area (Å²) in [5, 5.41) is 3.01. The highest BCUT2D eigenvalue weighted by atomic mass is 32.2. The van der Waals surface area contributed by atoms with E-state index < -0.39 is 10.0 Å². The quantitative estimate of drug-likeness (QED) is 0.573. The van der Waals surface area contributed by atoms with Gasteiger partial charge in [0.05, 0.1) is 11.3 Å². The van der Waals surface area contributed by atoms with Crippen LogP contribution >= 0.6 is 0 Å². The topological polar surface area (TPSA) is 66.5 Å². The van der Waals surface area contributed by atoms with Crippen LogP contribution in [0.3, 0.4) is 0 Å². The van der Waals surface area contributed by atoms with Crippen molar-refractivity contribution < 1.29 is 13.2 Å². The van der Waals surface area contributed by atoms with Gasteiger partial charge in [-0.1, -0.05) is 67.1 Å². The molecule has 1 heterocycles. The Hall–Kier alpha value is -2.96. The van der Waals surface area contributed by atoms with E-state index in [4.69, 9.17) is 0 Å². The predicted molar refractivity (Wildman–Crippen MR) is 127 cm³/mol. The van der Waals surface area contributed by atoms with Crippen molar-refractivity contribution in [2.24, 2.45) is 0 Å². The number of hydrogen-bond acceptors (Lipinski definition) is 3. The van der Waals surface area contributed by atoms with Crippen molar-refractivity contribution in [2.75, 3.05) is 18.4 Å². The van der Waals surface area contributed by atoms with Crippen LogP contribution in [-0.2, 0) is 27.7 Å². The van der Waals surface area contributed by atoms with E-state index in [2.05, 4.69) is 17.4 Å². The molecule has 1 aliphatic rings. The van der Waals surface area contributed by atoms with Crippen molar-refractivity contribution in [3.63, 3.8) is 0 Å². The maximum atomic E-state index is 12.8. The number of nitrogens with one attached hydrogen (secondary N) is 1. The Labute approximate surface area is 190 Å². The van der Waals surface area contributed by atoms with Gasteiger partial charge in [-0.3, -0.25) is 4.79 Å². The zero-order valence-corrected chi connectivity index (χ0v) is 18.9. The molecule has 0 radical (unpaired) electrons. The number of carbonyl (C=O) groups excluding carboxylic acids is 1. The van der Waals surface area contributed by atoms with Crippen LogP contribution in [0.5, 0.6) is 0 Å². The second-order valence-corrected chi connectivity index (χ2v) is 10.1. The first kappa shape index (κ1) is 22.2. The fraction of sp³-hybridized carbons (Fsp3) is 0.269. The summed E-state index contributed by atoms with van der Waals surface area (Å²) >= 11 is 0. The molecule has 0 bridgehead atoms. The van der Waals surface area contributed by atoms with E-state index in [1.807, 2.05) is 42.5 Å². The molecule has 1 aliphatic heterocycles. The van der Waals surface area contributed by atoms with Crippen molar-refractivity contribution >= 4 is 21.6 Å². The fourth-order valence-electron chi connectivity index (χ4n) is 4.03. The number of anilines is 1. The number of piperidine rings is 1. The average molecular weight is 449 g/mol. The molecule has 0 spiro atoms. The summed E-state index contributed by atoms with van der Waals surface area (Å²) in [7, 11) is -3.46. The van der Waals surface area contributed by atoms with Gasteiger partial charge < -0.3 is 5.32 Å². The maximum absolute atomic E-state index is 12.8. The molecule has 0 atom stereocenters. The van der Waals surface area contributed by atoms with Gasteiger partial charge in [-0.25, -0.2) is 8.42 Å². The highest BCUT2D eigenvalue weighted by Gasteiger charge is 2.25. The molecule has 166 valence electrons. The standard InChI is InChI=1S/C26H28N2O3S/c29-26(27-25-12-6-5-11-23(25)19-21-9-3-1-4-10-21)20-22-13-15-24(16-14-22)32(30,31)28-17-7-2-8-18-28/h1,3-6,9-16H,2,7-8,17-20H2,(H,27,29). The molecule has 6 heteroatoms. The van der Waals surface area contributed by atoms with E-state index in [0.717, 1.165) is 42.5 Å². The van der Waals surface area contributed by atoms with Gasteiger partial charge in [0.1, 0.15) is 0 Å². The highest BCUT2D eigenvalue weighted by Crippen LogP contribution is 2.22. The molecule has 3 aromatic carbocycles. The van der Waals surface area contributed by atoms with Crippen LogP contribution in [0.1, 0.15) is 36.0 Å². The first-order valence-corrected chi connectivity index (χ1v) is 12.5. The molecule has 1 N–H and O–H groups in total. The summed E-state index contributed by atoms with van der Waals surface area (Å²) in [6.45, 7) is 1.16. The summed E-state index contributed by atoms with van der Waals surface area (Å²) in [5.74, 6) is -0.128. The number of rotatable bonds is 7. The van der Waals surface area contributed by atoms with Gasteiger partial charge in [0, 0.05) is 18.8 Å². The van der Waals surface area contributed by atoms with E-state index in [0.29, 0.717) is 13.1 Å². The monoisotopic (exact) mass is 448 g/mol. The van der Waals surface area contributed by atoms with Crippen LogP contribution in [0.2, 0.25) is 0 Å². The van der Waals surface area contributed by atoms with Crippen LogP contribution < -0.4 is 5.32 Å². The van der Waals surface area contributed by atoms with Gasteiger partial charge in [-0.15, -0.1) is 0 Å². The number of carbonyl (C=O) groups is 1. The molecule has 0 aromatic heterocycles. The van der Waals surface area contributed by atoms with E-state index in [9.17, 15) is 13.2 Å².